The number of ether oxygens (including phenoxy) is 1. The Morgan fingerprint density at radius 1 is 1.47 bits per heavy atom. The quantitative estimate of drug-likeness (QED) is 0.594. The summed E-state index contributed by atoms with van der Waals surface area (Å²) in [7, 11) is 1.35. The number of nitrogens with two attached hydrogens (primary N) is 1. The molecule has 1 fully saturated rings. The van der Waals surface area contributed by atoms with Crippen molar-refractivity contribution in [3.8, 4) is 0 Å². The molecule has 2 atom stereocenters. The number of hydrogen-bond acceptors (Lipinski definition) is 4. The minimum atomic E-state index is -0.363. The second-order valence-electron chi connectivity index (χ2n) is 4.00. The summed E-state index contributed by atoms with van der Waals surface area (Å²) in [5.74, 6) is -0.682. The van der Waals surface area contributed by atoms with Gasteiger partial charge < -0.3 is 10.5 Å². The minimum absolute atomic E-state index is 0.194. The van der Waals surface area contributed by atoms with E-state index >= 15 is 0 Å². The van der Waals surface area contributed by atoms with E-state index in [1.165, 1.54) is 7.11 Å². The van der Waals surface area contributed by atoms with Crippen LogP contribution in [0.5, 0.6) is 0 Å². The average Bonchev–Trinajstić information content (AvgIpc) is 3.08. The largest absolute Gasteiger partial charge is 0.465 e. The van der Waals surface area contributed by atoms with E-state index in [0.29, 0.717) is 18.7 Å². The number of hydrogen-bond donors (Lipinski definition) is 1. The van der Waals surface area contributed by atoms with Gasteiger partial charge in [0, 0.05) is 13.1 Å². The lowest BCUT2D eigenvalue weighted by atomic mass is 10.1. The predicted molar refractivity (Wildman–Crippen MR) is 61.2 cm³/mol. The first-order valence-corrected chi connectivity index (χ1v) is 5.33. The van der Waals surface area contributed by atoms with Gasteiger partial charge in [-0.1, -0.05) is 18.2 Å². The zero-order chi connectivity index (χ0) is 12.4. The second-order valence-corrected chi connectivity index (χ2v) is 4.00. The number of benzene rings is 1. The van der Waals surface area contributed by atoms with E-state index in [1.807, 2.05) is 17.0 Å². The second kappa shape index (κ2) is 4.55. The molecule has 1 aliphatic rings. The van der Waals surface area contributed by atoms with Crippen molar-refractivity contribution in [3.63, 3.8) is 0 Å². The number of carbonyl (C=O) groups excluding carboxylic acids is 2. The Labute approximate surface area is 99.2 Å². The molecule has 1 saturated heterocycles. The van der Waals surface area contributed by atoms with Crippen LogP contribution in [0, 0.1) is 0 Å². The number of amides is 1. The Morgan fingerprint density at radius 3 is 2.76 bits per heavy atom. The van der Waals surface area contributed by atoms with Crippen LogP contribution in [0.3, 0.4) is 0 Å². The molecular weight excluding hydrogens is 220 g/mol. The average molecular weight is 234 g/mol. The van der Waals surface area contributed by atoms with Crippen LogP contribution in [0.1, 0.15) is 15.9 Å². The van der Waals surface area contributed by atoms with Crippen LogP contribution in [0.15, 0.2) is 24.3 Å². The molecule has 1 heterocycles. The lowest BCUT2D eigenvalue weighted by molar-refractivity contribution is -0.118. The summed E-state index contributed by atoms with van der Waals surface area (Å²) in [5, 5.41) is 0. The van der Waals surface area contributed by atoms with Crippen LogP contribution >= 0.6 is 0 Å². The van der Waals surface area contributed by atoms with E-state index in [2.05, 4.69) is 0 Å². The highest BCUT2D eigenvalue weighted by atomic mass is 16.5. The molecule has 0 saturated carbocycles. The van der Waals surface area contributed by atoms with Crippen molar-refractivity contribution >= 4 is 11.9 Å². The molecule has 0 spiro atoms. The summed E-state index contributed by atoms with van der Waals surface area (Å²) >= 11 is 0. The maximum Gasteiger partial charge on any atom is 0.338 e. The van der Waals surface area contributed by atoms with Gasteiger partial charge >= 0.3 is 5.97 Å². The zero-order valence-electron chi connectivity index (χ0n) is 9.55. The van der Waals surface area contributed by atoms with Gasteiger partial charge in [0.25, 0.3) is 0 Å². The van der Waals surface area contributed by atoms with Crippen molar-refractivity contribution in [1.82, 2.24) is 4.90 Å². The first-order chi connectivity index (χ1) is 8.13. The molecule has 17 heavy (non-hydrogen) atoms. The third-order valence-electron chi connectivity index (χ3n) is 2.84. The Bertz CT molecular complexity index is 459. The lowest BCUT2D eigenvalue weighted by Crippen LogP contribution is -2.22. The van der Waals surface area contributed by atoms with E-state index in [1.54, 1.807) is 12.1 Å². The molecule has 1 aliphatic heterocycles. The van der Waals surface area contributed by atoms with Crippen LogP contribution in [0.25, 0.3) is 0 Å². The van der Waals surface area contributed by atoms with Crippen molar-refractivity contribution in [2.24, 2.45) is 5.73 Å². The fourth-order valence-corrected chi connectivity index (χ4v) is 1.81. The standard InChI is InChI=1S/C12H14N2O3/c1-17-12(16)9-5-3-2-4-8(9)6-14-7-10(14)11(13)15/h2-5,10H,6-7H2,1H3,(H2,13,15). The summed E-state index contributed by atoms with van der Waals surface area (Å²) in [6, 6.07) is 7.00. The highest BCUT2D eigenvalue weighted by Crippen LogP contribution is 2.22. The minimum Gasteiger partial charge on any atom is -0.465 e. The summed E-state index contributed by atoms with van der Waals surface area (Å²) in [4.78, 5) is 24.4. The Morgan fingerprint density at radius 2 is 2.18 bits per heavy atom. The molecular formula is C12H14N2O3. The van der Waals surface area contributed by atoms with Gasteiger partial charge in [0.1, 0.15) is 6.04 Å². The zero-order valence-corrected chi connectivity index (χ0v) is 9.55. The maximum absolute atomic E-state index is 11.5. The van der Waals surface area contributed by atoms with Gasteiger partial charge in [-0.2, -0.15) is 0 Å². The highest BCUT2D eigenvalue weighted by Gasteiger charge is 2.39. The molecule has 0 bridgehead atoms. The van der Waals surface area contributed by atoms with Gasteiger partial charge in [-0.15, -0.1) is 0 Å². The van der Waals surface area contributed by atoms with Gasteiger partial charge in [0.05, 0.1) is 12.7 Å². The molecule has 5 nitrogen and oxygen atoms in total. The fraction of sp³-hybridized carbons (Fsp3) is 0.333. The Kier molecular flexibility index (Phi) is 3.10. The molecule has 1 amide bonds. The van der Waals surface area contributed by atoms with E-state index in [4.69, 9.17) is 10.5 Å². The fourth-order valence-electron chi connectivity index (χ4n) is 1.81. The van der Waals surface area contributed by atoms with Gasteiger partial charge in [-0.05, 0) is 11.6 Å². The number of nitrogens with zero attached hydrogens (tertiary/aromatic N) is 1. The molecule has 2 rings (SSSR count). The van der Waals surface area contributed by atoms with Crippen molar-refractivity contribution in [2.75, 3.05) is 13.7 Å². The topological polar surface area (TPSA) is 72.4 Å². The van der Waals surface area contributed by atoms with Crippen LogP contribution in [0.2, 0.25) is 0 Å². The molecule has 2 N–H and O–H groups in total. The normalized spacial score (nSPS) is 21.9. The SMILES string of the molecule is COC(=O)c1ccccc1CN1CC1C(N)=O. The summed E-state index contributed by atoms with van der Waals surface area (Å²) in [5.41, 5.74) is 6.58. The van der Waals surface area contributed by atoms with Crippen molar-refractivity contribution < 1.29 is 14.3 Å². The summed E-state index contributed by atoms with van der Waals surface area (Å²) < 4.78 is 4.70. The molecule has 1 aromatic carbocycles. The summed E-state index contributed by atoms with van der Waals surface area (Å²) in [6.07, 6.45) is 0. The lowest BCUT2D eigenvalue weighted by Gasteiger charge is -2.08. The highest BCUT2D eigenvalue weighted by molar-refractivity contribution is 5.91. The molecule has 0 aromatic heterocycles. The van der Waals surface area contributed by atoms with E-state index < -0.39 is 0 Å². The number of rotatable bonds is 4. The number of methoxy groups -OCH3 is 1. The Balaban J connectivity index is 2.11. The third kappa shape index (κ3) is 2.45. The van der Waals surface area contributed by atoms with Crippen LogP contribution in [0.4, 0.5) is 0 Å². The number of carbonyl (C=O) groups is 2. The van der Waals surface area contributed by atoms with Crippen LogP contribution < -0.4 is 5.73 Å². The first kappa shape index (κ1) is 11.6. The van der Waals surface area contributed by atoms with Crippen molar-refractivity contribution in [3.05, 3.63) is 35.4 Å². The molecule has 0 radical (unpaired) electrons. The number of esters is 1. The monoisotopic (exact) mass is 234 g/mol. The molecule has 5 heteroatoms. The molecule has 2 unspecified atom stereocenters. The van der Waals surface area contributed by atoms with E-state index in [9.17, 15) is 9.59 Å². The molecule has 90 valence electrons. The molecule has 0 aliphatic carbocycles. The third-order valence-corrected chi connectivity index (χ3v) is 2.84. The predicted octanol–water partition coefficient (Wildman–Crippen LogP) is 0.143. The first-order valence-electron chi connectivity index (χ1n) is 5.33. The van der Waals surface area contributed by atoms with Gasteiger partial charge in [-0.25, -0.2) is 4.79 Å². The van der Waals surface area contributed by atoms with Crippen molar-refractivity contribution in [1.29, 1.82) is 0 Å². The summed E-state index contributed by atoms with van der Waals surface area (Å²) in [6.45, 7) is 1.20. The van der Waals surface area contributed by atoms with Crippen LogP contribution in [-0.4, -0.2) is 36.5 Å². The van der Waals surface area contributed by atoms with Gasteiger partial charge in [0.15, 0.2) is 0 Å². The molecule has 1 aromatic rings. The van der Waals surface area contributed by atoms with E-state index in [0.717, 1.165) is 5.56 Å². The van der Waals surface area contributed by atoms with Crippen molar-refractivity contribution in [2.45, 2.75) is 12.6 Å². The van der Waals surface area contributed by atoms with Gasteiger partial charge in [-0.3, -0.25) is 9.69 Å². The van der Waals surface area contributed by atoms with E-state index in [-0.39, 0.29) is 17.9 Å². The van der Waals surface area contributed by atoms with Crippen LogP contribution in [-0.2, 0) is 16.1 Å². The smallest absolute Gasteiger partial charge is 0.338 e. The number of primary amides is 1. The van der Waals surface area contributed by atoms with Gasteiger partial charge in [0.2, 0.25) is 5.91 Å². The maximum atomic E-state index is 11.5. The Hall–Kier alpha value is -1.88.